The summed E-state index contributed by atoms with van der Waals surface area (Å²) < 4.78 is 0. The van der Waals surface area contributed by atoms with Crippen LogP contribution in [0.4, 0.5) is 5.00 Å². The molecule has 1 N–H and O–H groups in total. The number of nitrogens with one attached hydrogen (secondary N) is 1. The van der Waals surface area contributed by atoms with Gasteiger partial charge in [-0.15, -0.1) is 11.3 Å². The van der Waals surface area contributed by atoms with E-state index in [0.717, 1.165) is 38.8 Å². The molecular formula is C17H22N4O2S. The Hall–Kier alpha value is -1.91. The molecule has 1 aromatic heterocycles. The van der Waals surface area contributed by atoms with Crippen molar-refractivity contribution in [2.45, 2.75) is 44.7 Å². The Bertz CT molecular complexity index is 666. The number of hydrogen-bond donors (Lipinski definition) is 1. The van der Waals surface area contributed by atoms with Crippen LogP contribution in [0.5, 0.6) is 0 Å². The molecule has 0 bridgehead atoms. The molecule has 0 aromatic carbocycles. The van der Waals surface area contributed by atoms with Crippen molar-refractivity contribution in [3.8, 4) is 6.07 Å². The van der Waals surface area contributed by atoms with E-state index in [1.54, 1.807) is 18.4 Å². The minimum Gasteiger partial charge on any atom is -0.338 e. The van der Waals surface area contributed by atoms with Gasteiger partial charge in [0.1, 0.15) is 11.1 Å². The Kier molecular flexibility index (Phi) is 5.17. The SMILES string of the molecule is CC(=O)N1CCC[C@@H]1[C@H]1CCCN1CC(=O)Nc1sccc1C#N. The Morgan fingerprint density at radius 1 is 1.33 bits per heavy atom. The first-order valence-corrected chi connectivity index (χ1v) is 9.27. The molecule has 3 rings (SSSR count). The van der Waals surface area contributed by atoms with Gasteiger partial charge in [0.15, 0.2) is 0 Å². The van der Waals surface area contributed by atoms with Gasteiger partial charge in [-0.3, -0.25) is 14.5 Å². The van der Waals surface area contributed by atoms with E-state index in [1.807, 2.05) is 4.90 Å². The Balaban J connectivity index is 1.63. The third-order valence-corrected chi connectivity index (χ3v) is 5.78. The van der Waals surface area contributed by atoms with Gasteiger partial charge in [0, 0.05) is 25.6 Å². The summed E-state index contributed by atoms with van der Waals surface area (Å²) in [5.41, 5.74) is 0.505. The molecule has 0 unspecified atom stereocenters. The van der Waals surface area contributed by atoms with E-state index in [2.05, 4.69) is 16.3 Å². The Morgan fingerprint density at radius 2 is 2.08 bits per heavy atom. The summed E-state index contributed by atoms with van der Waals surface area (Å²) in [6.07, 6.45) is 4.15. The highest BCUT2D eigenvalue weighted by molar-refractivity contribution is 7.14. The molecule has 2 amide bonds. The zero-order valence-corrected chi connectivity index (χ0v) is 14.6. The molecule has 0 aliphatic carbocycles. The van der Waals surface area contributed by atoms with Crippen LogP contribution in [0, 0.1) is 11.3 Å². The first-order valence-electron chi connectivity index (χ1n) is 8.39. The lowest BCUT2D eigenvalue weighted by molar-refractivity contribution is -0.130. The van der Waals surface area contributed by atoms with Gasteiger partial charge in [-0.2, -0.15) is 5.26 Å². The fourth-order valence-corrected chi connectivity index (χ4v) is 4.67. The van der Waals surface area contributed by atoms with E-state index in [1.165, 1.54) is 11.3 Å². The average Bonchev–Trinajstić information content (AvgIpc) is 3.25. The second-order valence-electron chi connectivity index (χ2n) is 6.43. The minimum absolute atomic E-state index is 0.0896. The van der Waals surface area contributed by atoms with E-state index in [0.29, 0.717) is 17.1 Å². The predicted octanol–water partition coefficient (Wildman–Crippen LogP) is 2.03. The van der Waals surface area contributed by atoms with Crippen molar-refractivity contribution in [1.82, 2.24) is 9.80 Å². The van der Waals surface area contributed by atoms with Crippen LogP contribution in [-0.4, -0.2) is 53.3 Å². The van der Waals surface area contributed by atoms with Crippen LogP contribution in [0.15, 0.2) is 11.4 Å². The summed E-state index contributed by atoms with van der Waals surface area (Å²) in [5, 5.41) is 14.3. The number of hydrogen-bond acceptors (Lipinski definition) is 5. The Morgan fingerprint density at radius 3 is 2.83 bits per heavy atom. The van der Waals surface area contributed by atoms with Crippen molar-refractivity contribution in [2.75, 3.05) is 25.0 Å². The van der Waals surface area contributed by atoms with Gasteiger partial charge < -0.3 is 10.2 Å². The maximum atomic E-state index is 12.4. The number of likely N-dealkylation sites (tertiary alicyclic amines) is 2. The molecule has 2 aliphatic heterocycles. The lowest BCUT2D eigenvalue weighted by atomic mass is 10.0. The molecule has 1 aromatic rings. The minimum atomic E-state index is -0.0896. The van der Waals surface area contributed by atoms with Crippen LogP contribution < -0.4 is 5.32 Å². The van der Waals surface area contributed by atoms with Crippen molar-refractivity contribution in [1.29, 1.82) is 5.26 Å². The number of nitrogens with zero attached hydrogens (tertiary/aromatic N) is 3. The third kappa shape index (κ3) is 3.45. The molecular weight excluding hydrogens is 324 g/mol. The smallest absolute Gasteiger partial charge is 0.239 e. The Labute approximate surface area is 146 Å². The number of thiophene rings is 1. The molecule has 0 radical (unpaired) electrons. The molecule has 2 saturated heterocycles. The lowest BCUT2D eigenvalue weighted by Crippen LogP contribution is -2.49. The van der Waals surface area contributed by atoms with Crippen molar-refractivity contribution in [3.63, 3.8) is 0 Å². The monoisotopic (exact) mass is 346 g/mol. The van der Waals surface area contributed by atoms with Crippen LogP contribution in [-0.2, 0) is 9.59 Å². The highest BCUT2D eigenvalue weighted by atomic mass is 32.1. The molecule has 2 aliphatic rings. The van der Waals surface area contributed by atoms with Crippen LogP contribution in [0.1, 0.15) is 38.2 Å². The van der Waals surface area contributed by atoms with Gasteiger partial charge >= 0.3 is 0 Å². The topological polar surface area (TPSA) is 76.4 Å². The summed E-state index contributed by atoms with van der Waals surface area (Å²) >= 11 is 1.36. The molecule has 3 heterocycles. The molecule has 2 fully saturated rings. The molecule has 0 saturated carbocycles. The van der Waals surface area contributed by atoms with E-state index in [9.17, 15) is 9.59 Å². The number of anilines is 1. The van der Waals surface area contributed by atoms with Gasteiger partial charge in [-0.25, -0.2) is 0 Å². The van der Waals surface area contributed by atoms with Gasteiger partial charge in [-0.05, 0) is 43.7 Å². The van der Waals surface area contributed by atoms with Crippen molar-refractivity contribution >= 4 is 28.2 Å². The molecule has 6 nitrogen and oxygen atoms in total. The maximum Gasteiger partial charge on any atom is 0.239 e. The van der Waals surface area contributed by atoms with Crippen LogP contribution in [0.3, 0.4) is 0 Å². The van der Waals surface area contributed by atoms with E-state index in [-0.39, 0.29) is 23.9 Å². The second kappa shape index (κ2) is 7.32. The largest absolute Gasteiger partial charge is 0.338 e. The average molecular weight is 346 g/mol. The zero-order valence-electron chi connectivity index (χ0n) is 13.8. The van der Waals surface area contributed by atoms with E-state index >= 15 is 0 Å². The van der Waals surface area contributed by atoms with Gasteiger partial charge in [-0.1, -0.05) is 0 Å². The van der Waals surface area contributed by atoms with Crippen LogP contribution >= 0.6 is 11.3 Å². The number of rotatable bonds is 4. The summed E-state index contributed by atoms with van der Waals surface area (Å²) in [6, 6.07) is 4.29. The van der Waals surface area contributed by atoms with Crippen molar-refractivity contribution in [3.05, 3.63) is 17.0 Å². The standard InChI is InChI=1S/C17H22N4O2S/c1-12(22)21-8-3-5-15(21)14-4-2-7-20(14)11-16(23)19-17-13(10-18)6-9-24-17/h6,9,14-15H,2-5,7-8,11H2,1H3,(H,19,23)/t14-,15-/m1/s1. The first-order chi connectivity index (χ1) is 11.6. The summed E-state index contributed by atoms with van der Waals surface area (Å²) in [4.78, 5) is 28.4. The maximum absolute atomic E-state index is 12.4. The quantitative estimate of drug-likeness (QED) is 0.905. The number of carbonyl (C=O) groups is 2. The third-order valence-electron chi connectivity index (χ3n) is 4.95. The zero-order chi connectivity index (χ0) is 17.1. The van der Waals surface area contributed by atoms with Gasteiger partial charge in [0.05, 0.1) is 12.1 Å². The summed E-state index contributed by atoms with van der Waals surface area (Å²) in [6.45, 7) is 3.66. The molecule has 128 valence electrons. The highest BCUT2D eigenvalue weighted by Crippen LogP contribution is 2.30. The number of amides is 2. The normalized spacial score (nSPS) is 24.1. The van der Waals surface area contributed by atoms with Crippen LogP contribution in [0.25, 0.3) is 0 Å². The number of carbonyl (C=O) groups excluding carboxylic acids is 2. The van der Waals surface area contributed by atoms with Crippen LogP contribution in [0.2, 0.25) is 0 Å². The molecule has 24 heavy (non-hydrogen) atoms. The van der Waals surface area contributed by atoms with E-state index in [4.69, 9.17) is 5.26 Å². The second-order valence-corrected chi connectivity index (χ2v) is 7.34. The van der Waals surface area contributed by atoms with Crippen molar-refractivity contribution in [2.24, 2.45) is 0 Å². The molecule has 7 heteroatoms. The fourth-order valence-electron chi connectivity index (χ4n) is 3.91. The fraction of sp³-hybridized carbons (Fsp3) is 0.588. The molecule has 2 atom stereocenters. The predicted molar refractivity (Wildman–Crippen MR) is 92.7 cm³/mol. The summed E-state index contributed by atoms with van der Waals surface area (Å²) in [7, 11) is 0. The summed E-state index contributed by atoms with van der Waals surface area (Å²) in [5.74, 6) is 0.0410. The van der Waals surface area contributed by atoms with E-state index < -0.39 is 0 Å². The lowest BCUT2D eigenvalue weighted by Gasteiger charge is -2.34. The number of nitriles is 1. The molecule has 0 spiro atoms. The first kappa shape index (κ1) is 16.9. The van der Waals surface area contributed by atoms with Gasteiger partial charge in [0.25, 0.3) is 0 Å². The van der Waals surface area contributed by atoms with Crippen molar-refractivity contribution < 1.29 is 9.59 Å². The highest BCUT2D eigenvalue weighted by Gasteiger charge is 2.39. The van der Waals surface area contributed by atoms with Gasteiger partial charge in [0.2, 0.25) is 11.8 Å².